The van der Waals surface area contributed by atoms with Crippen molar-refractivity contribution in [1.29, 1.82) is 0 Å². The van der Waals surface area contributed by atoms with E-state index in [1.54, 1.807) is 12.1 Å². The predicted molar refractivity (Wildman–Crippen MR) is 71.3 cm³/mol. The van der Waals surface area contributed by atoms with Gasteiger partial charge in [-0.2, -0.15) is 0 Å². The number of hydrogen-bond acceptors (Lipinski definition) is 4. The molecule has 0 radical (unpaired) electrons. The van der Waals surface area contributed by atoms with Crippen LogP contribution >= 0.6 is 39.3 Å². The normalized spacial score (nSPS) is 12.2. The van der Waals surface area contributed by atoms with E-state index in [1.807, 2.05) is 6.07 Å². The summed E-state index contributed by atoms with van der Waals surface area (Å²) in [6.45, 7) is 0. The molecule has 16 heavy (non-hydrogen) atoms. The molecule has 88 valence electrons. The third-order valence-corrected chi connectivity index (χ3v) is 4.37. The Labute approximate surface area is 112 Å². The van der Waals surface area contributed by atoms with E-state index in [-0.39, 0.29) is 10.8 Å². The number of esters is 1. The Bertz CT molecular complexity index is 389. The maximum absolute atomic E-state index is 11.1. The fourth-order valence-electron chi connectivity index (χ4n) is 0.963. The van der Waals surface area contributed by atoms with Gasteiger partial charge in [-0.25, -0.2) is 0 Å². The molecule has 0 bridgehead atoms. The molecule has 0 spiro atoms. The number of alkyl halides is 1. The van der Waals surface area contributed by atoms with E-state index in [0.717, 1.165) is 4.90 Å². The average molecular weight is 325 g/mol. The van der Waals surface area contributed by atoms with Gasteiger partial charge in [-0.15, -0.1) is 11.8 Å². The van der Waals surface area contributed by atoms with Crippen molar-refractivity contribution >= 4 is 50.9 Å². The highest BCUT2D eigenvalue weighted by Crippen LogP contribution is 2.27. The van der Waals surface area contributed by atoms with Gasteiger partial charge < -0.3 is 10.5 Å². The number of ether oxygens (including phenoxy) is 1. The average Bonchev–Trinajstić information content (AvgIpc) is 2.29. The van der Waals surface area contributed by atoms with Crippen molar-refractivity contribution in [3.63, 3.8) is 0 Å². The van der Waals surface area contributed by atoms with Crippen LogP contribution in [0.4, 0.5) is 5.69 Å². The van der Waals surface area contributed by atoms with Gasteiger partial charge in [0, 0.05) is 10.6 Å². The largest absolute Gasteiger partial charge is 0.468 e. The molecule has 0 heterocycles. The number of rotatable bonds is 4. The van der Waals surface area contributed by atoms with Crippen LogP contribution in [0.5, 0.6) is 0 Å². The molecular weight excluding hydrogens is 314 g/mol. The number of anilines is 1. The first kappa shape index (κ1) is 13.7. The highest BCUT2D eigenvalue weighted by atomic mass is 79.9. The molecule has 1 aromatic rings. The quantitative estimate of drug-likeness (QED) is 0.400. The summed E-state index contributed by atoms with van der Waals surface area (Å²) in [6.07, 6.45) is 0. The van der Waals surface area contributed by atoms with Crippen molar-refractivity contribution in [2.24, 2.45) is 0 Å². The number of methoxy groups -OCH3 is 1. The molecule has 0 aliphatic carbocycles. The maximum atomic E-state index is 11.1. The Hall–Kier alpha value is -0.390. The van der Waals surface area contributed by atoms with Gasteiger partial charge >= 0.3 is 5.97 Å². The fraction of sp³-hybridized carbons (Fsp3) is 0.300. The minimum atomic E-state index is -0.321. The van der Waals surface area contributed by atoms with Crippen LogP contribution < -0.4 is 5.73 Å². The van der Waals surface area contributed by atoms with Gasteiger partial charge in [0.15, 0.2) is 0 Å². The van der Waals surface area contributed by atoms with Crippen molar-refractivity contribution in [2.45, 2.75) is 9.72 Å². The number of hydrogen-bond donors (Lipinski definition) is 1. The lowest BCUT2D eigenvalue weighted by atomic mass is 10.3. The van der Waals surface area contributed by atoms with Crippen LogP contribution in [0.3, 0.4) is 0 Å². The first-order valence-electron chi connectivity index (χ1n) is 4.44. The predicted octanol–water partition coefficient (Wildman–Crippen LogP) is 2.95. The molecular formula is C10H11BrClNO2S. The van der Waals surface area contributed by atoms with E-state index in [9.17, 15) is 4.79 Å². The Morgan fingerprint density at radius 3 is 2.94 bits per heavy atom. The SMILES string of the molecule is COC(=O)C(Br)CSc1ccc(N)c(Cl)c1. The summed E-state index contributed by atoms with van der Waals surface area (Å²) in [5.41, 5.74) is 6.14. The van der Waals surface area contributed by atoms with E-state index in [2.05, 4.69) is 20.7 Å². The standard InChI is InChI=1S/C10H11BrClNO2S/c1-15-10(14)7(11)5-16-6-2-3-9(13)8(12)4-6/h2-4,7H,5,13H2,1H3. The Kier molecular flexibility index (Phi) is 5.44. The van der Waals surface area contributed by atoms with Gasteiger partial charge in [-0.3, -0.25) is 4.79 Å². The van der Waals surface area contributed by atoms with Crippen LogP contribution in [0.2, 0.25) is 5.02 Å². The summed E-state index contributed by atoms with van der Waals surface area (Å²) in [5.74, 6) is 0.293. The van der Waals surface area contributed by atoms with Gasteiger partial charge in [0.25, 0.3) is 0 Å². The van der Waals surface area contributed by atoms with E-state index in [1.165, 1.54) is 18.9 Å². The summed E-state index contributed by atoms with van der Waals surface area (Å²) in [5, 5.41) is 0.522. The molecule has 1 unspecified atom stereocenters. The first-order chi connectivity index (χ1) is 7.54. The zero-order valence-corrected chi connectivity index (χ0v) is 11.7. The minimum Gasteiger partial charge on any atom is -0.468 e. The van der Waals surface area contributed by atoms with Crippen LogP contribution in [0, 0.1) is 0 Å². The monoisotopic (exact) mass is 323 g/mol. The number of thioether (sulfide) groups is 1. The highest BCUT2D eigenvalue weighted by Gasteiger charge is 2.15. The number of carbonyl (C=O) groups excluding carboxylic acids is 1. The summed E-state index contributed by atoms with van der Waals surface area (Å²) in [4.78, 5) is 11.8. The Morgan fingerprint density at radius 2 is 2.38 bits per heavy atom. The van der Waals surface area contributed by atoms with Crippen molar-refractivity contribution in [2.75, 3.05) is 18.6 Å². The van der Waals surface area contributed by atoms with E-state index < -0.39 is 0 Å². The van der Waals surface area contributed by atoms with Crippen LogP contribution in [0.15, 0.2) is 23.1 Å². The molecule has 0 fully saturated rings. The van der Waals surface area contributed by atoms with Crippen molar-refractivity contribution in [3.8, 4) is 0 Å². The van der Waals surface area contributed by atoms with Gasteiger partial charge in [-0.05, 0) is 18.2 Å². The smallest absolute Gasteiger partial charge is 0.320 e. The topological polar surface area (TPSA) is 52.3 Å². The number of halogens is 2. The zero-order valence-electron chi connectivity index (χ0n) is 8.57. The van der Waals surface area contributed by atoms with Gasteiger partial charge in [-0.1, -0.05) is 27.5 Å². The van der Waals surface area contributed by atoms with E-state index >= 15 is 0 Å². The maximum Gasteiger partial charge on any atom is 0.320 e. The Morgan fingerprint density at radius 1 is 1.69 bits per heavy atom. The second kappa shape index (κ2) is 6.37. The molecule has 1 aromatic carbocycles. The second-order valence-electron chi connectivity index (χ2n) is 2.99. The second-order valence-corrected chi connectivity index (χ2v) is 5.59. The fourth-order valence-corrected chi connectivity index (χ4v) is 2.63. The lowest BCUT2D eigenvalue weighted by Gasteiger charge is -2.07. The van der Waals surface area contributed by atoms with Crippen LogP contribution in [0.1, 0.15) is 0 Å². The molecule has 2 N–H and O–H groups in total. The van der Waals surface area contributed by atoms with Crippen molar-refractivity contribution in [1.82, 2.24) is 0 Å². The van der Waals surface area contributed by atoms with Gasteiger partial charge in [0.05, 0.1) is 17.8 Å². The molecule has 3 nitrogen and oxygen atoms in total. The lowest BCUT2D eigenvalue weighted by molar-refractivity contribution is -0.139. The first-order valence-corrected chi connectivity index (χ1v) is 6.72. The lowest BCUT2D eigenvalue weighted by Crippen LogP contribution is -2.17. The molecule has 0 amide bonds. The highest BCUT2D eigenvalue weighted by molar-refractivity contribution is 9.10. The molecule has 0 saturated heterocycles. The number of nitrogen functional groups attached to an aromatic ring is 1. The van der Waals surface area contributed by atoms with Gasteiger partial charge in [0.2, 0.25) is 0 Å². The molecule has 6 heteroatoms. The summed E-state index contributed by atoms with van der Waals surface area (Å²) < 4.78 is 4.60. The van der Waals surface area contributed by atoms with E-state index in [0.29, 0.717) is 16.5 Å². The number of benzene rings is 1. The van der Waals surface area contributed by atoms with Crippen molar-refractivity contribution in [3.05, 3.63) is 23.2 Å². The third kappa shape index (κ3) is 3.88. The summed E-state index contributed by atoms with van der Waals surface area (Å²) in [6, 6.07) is 5.38. The summed E-state index contributed by atoms with van der Waals surface area (Å²) in [7, 11) is 1.36. The number of carbonyl (C=O) groups is 1. The molecule has 0 aliphatic heterocycles. The molecule has 0 saturated carbocycles. The molecule has 0 aliphatic rings. The third-order valence-electron chi connectivity index (χ3n) is 1.83. The molecule has 1 rings (SSSR count). The zero-order chi connectivity index (χ0) is 12.1. The van der Waals surface area contributed by atoms with Crippen LogP contribution in [-0.4, -0.2) is 23.7 Å². The van der Waals surface area contributed by atoms with Gasteiger partial charge in [0.1, 0.15) is 4.83 Å². The Balaban J connectivity index is 2.55. The van der Waals surface area contributed by atoms with Crippen LogP contribution in [-0.2, 0) is 9.53 Å². The van der Waals surface area contributed by atoms with E-state index in [4.69, 9.17) is 17.3 Å². The van der Waals surface area contributed by atoms with Crippen molar-refractivity contribution < 1.29 is 9.53 Å². The summed E-state index contributed by atoms with van der Waals surface area (Å²) >= 11 is 10.6. The number of nitrogens with two attached hydrogens (primary N) is 1. The van der Waals surface area contributed by atoms with Crippen LogP contribution in [0.25, 0.3) is 0 Å². The molecule has 0 aromatic heterocycles. The minimum absolute atomic E-state index is 0.283. The molecule has 1 atom stereocenters.